The standard InChI is InChI=1S/C14H17FN2O3/c1-8-3-4-10(5-12(8)15)9(2)16-14(20)17-6-11(7-17)13(18)19/h3-5,9,11H,6-7H2,1-2H3,(H,16,20)(H,18,19). The minimum Gasteiger partial charge on any atom is -0.481 e. The smallest absolute Gasteiger partial charge is 0.317 e. The number of benzene rings is 1. The average molecular weight is 280 g/mol. The summed E-state index contributed by atoms with van der Waals surface area (Å²) in [5.74, 6) is -1.67. The van der Waals surface area contributed by atoms with Gasteiger partial charge >= 0.3 is 12.0 Å². The minimum atomic E-state index is -0.886. The molecule has 1 aromatic rings. The van der Waals surface area contributed by atoms with Crippen molar-refractivity contribution in [3.63, 3.8) is 0 Å². The van der Waals surface area contributed by atoms with Crippen LogP contribution < -0.4 is 5.32 Å². The molecule has 0 bridgehead atoms. The number of nitrogens with one attached hydrogen (secondary N) is 1. The van der Waals surface area contributed by atoms with Gasteiger partial charge in [-0.05, 0) is 31.0 Å². The predicted octanol–water partition coefficient (Wildman–Crippen LogP) is 1.92. The maximum Gasteiger partial charge on any atom is 0.317 e. The fourth-order valence-corrected chi connectivity index (χ4v) is 2.04. The van der Waals surface area contributed by atoms with E-state index in [1.807, 2.05) is 0 Å². The van der Waals surface area contributed by atoms with E-state index in [9.17, 15) is 14.0 Å². The quantitative estimate of drug-likeness (QED) is 0.888. The lowest BCUT2D eigenvalue weighted by Gasteiger charge is -2.37. The van der Waals surface area contributed by atoms with Gasteiger partial charge in [-0.15, -0.1) is 0 Å². The molecule has 0 aromatic heterocycles. The van der Waals surface area contributed by atoms with E-state index >= 15 is 0 Å². The molecule has 108 valence electrons. The van der Waals surface area contributed by atoms with Gasteiger partial charge in [0.05, 0.1) is 12.0 Å². The largest absolute Gasteiger partial charge is 0.481 e. The fraction of sp³-hybridized carbons (Fsp3) is 0.429. The summed E-state index contributed by atoms with van der Waals surface area (Å²) in [5.41, 5.74) is 1.23. The molecule has 2 amide bonds. The number of hydrogen-bond acceptors (Lipinski definition) is 2. The number of likely N-dealkylation sites (tertiary alicyclic amines) is 1. The number of carboxylic acids is 1. The lowest BCUT2D eigenvalue weighted by molar-refractivity contribution is -0.146. The van der Waals surface area contributed by atoms with E-state index in [0.29, 0.717) is 11.1 Å². The van der Waals surface area contributed by atoms with Crippen molar-refractivity contribution in [1.82, 2.24) is 10.2 Å². The van der Waals surface area contributed by atoms with Gasteiger partial charge in [-0.2, -0.15) is 0 Å². The summed E-state index contributed by atoms with van der Waals surface area (Å²) in [5, 5.41) is 11.5. The second-order valence-electron chi connectivity index (χ2n) is 5.12. The number of carboxylic acid groups (broad SMARTS) is 1. The first kappa shape index (κ1) is 14.3. The zero-order chi connectivity index (χ0) is 14.9. The Hall–Kier alpha value is -2.11. The van der Waals surface area contributed by atoms with Crippen molar-refractivity contribution in [3.8, 4) is 0 Å². The van der Waals surface area contributed by atoms with Crippen molar-refractivity contribution in [2.24, 2.45) is 5.92 Å². The van der Waals surface area contributed by atoms with Gasteiger partial charge in [0.2, 0.25) is 0 Å². The number of carbonyl (C=O) groups is 2. The number of halogens is 1. The summed E-state index contributed by atoms with van der Waals surface area (Å²) in [6.07, 6.45) is 0. The van der Waals surface area contributed by atoms with E-state index in [4.69, 9.17) is 5.11 Å². The van der Waals surface area contributed by atoms with Gasteiger partial charge in [0.1, 0.15) is 5.82 Å². The van der Waals surface area contributed by atoms with Gasteiger partial charge in [0.25, 0.3) is 0 Å². The zero-order valence-electron chi connectivity index (χ0n) is 11.4. The summed E-state index contributed by atoms with van der Waals surface area (Å²) in [7, 11) is 0. The Balaban J connectivity index is 1.91. The van der Waals surface area contributed by atoms with Gasteiger partial charge in [0, 0.05) is 13.1 Å². The van der Waals surface area contributed by atoms with Crippen LogP contribution in [0.15, 0.2) is 18.2 Å². The van der Waals surface area contributed by atoms with Crippen molar-refractivity contribution < 1.29 is 19.1 Å². The Morgan fingerprint density at radius 1 is 1.45 bits per heavy atom. The SMILES string of the molecule is Cc1ccc(C(C)NC(=O)N2CC(C(=O)O)C2)cc1F. The van der Waals surface area contributed by atoms with Crippen LogP contribution in [0.5, 0.6) is 0 Å². The van der Waals surface area contributed by atoms with Crippen LogP contribution in [0.3, 0.4) is 0 Å². The van der Waals surface area contributed by atoms with Crippen LogP contribution in [0.25, 0.3) is 0 Å². The van der Waals surface area contributed by atoms with Gasteiger partial charge in [-0.1, -0.05) is 12.1 Å². The Labute approximate surface area is 116 Å². The van der Waals surface area contributed by atoms with E-state index in [1.165, 1.54) is 11.0 Å². The molecule has 0 radical (unpaired) electrons. The van der Waals surface area contributed by atoms with Gasteiger partial charge in [-0.3, -0.25) is 4.79 Å². The molecule has 1 unspecified atom stereocenters. The van der Waals surface area contributed by atoms with Crippen LogP contribution in [-0.4, -0.2) is 35.1 Å². The highest BCUT2D eigenvalue weighted by molar-refractivity contribution is 5.80. The number of rotatable bonds is 3. The van der Waals surface area contributed by atoms with Crippen LogP contribution >= 0.6 is 0 Å². The molecule has 2 rings (SSSR count). The summed E-state index contributed by atoms with van der Waals surface area (Å²) < 4.78 is 13.5. The van der Waals surface area contributed by atoms with E-state index < -0.39 is 11.9 Å². The number of aliphatic carboxylic acids is 1. The molecule has 1 fully saturated rings. The van der Waals surface area contributed by atoms with Crippen LogP contribution in [0.4, 0.5) is 9.18 Å². The van der Waals surface area contributed by atoms with E-state index in [-0.39, 0.29) is 31.0 Å². The molecule has 1 aromatic carbocycles. The van der Waals surface area contributed by atoms with Crippen LogP contribution in [0.2, 0.25) is 0 Å². The highest BCUT2D eigenvalue weighted by Gasteiger charge is 2.35. The molecule has 0 spiro atoms. The van der Waals surface area contributed by atoms with Crippen molar-refractivity contribution in [1.29, 1.82) is 0 Å². The highest BCUT2D eigenvalue weighted by atomic mass is 19.1. The van der Waals surface area contributed by atoms with Gasteiger partial charge < -0.3 is 15.3 Å². The molecule has 1 aliphatic heterocycles. The van der Waals surface area contributed by atoms with Crippen LogP contribution in [0.1, 0.15) is 24.1 Å². The third-order valence-corrected chi connectivity index (χ3v) is 3.55. The maximum atomic E-state index is 13.5. The second kappa shape index (κ2) is 5.48. The first-order valence-corrected chi connectivity index (χ1v) is 6.42. The van der Waals surface area contributed by atoms with Gasteiger partial charge in [0.15, 0.2) is 0 Å². The Morgan fingerprint density at radius 3 is 2.65 bits per heavy atom. The Morgan fingerprint density at radius 2 is 2.10 bits per heavy atom. The van der Waals surface area contributed by atoms with Crippen molar-refractivity contribution in [3.05, 3.63) is 35.1 Å². The second-order valence-corrected chi connectivity index (χ2v) is 5.12. The topological polar surface area (TPSA) is 69.6 Å². The molecular formula is C14H17FN2O3. The molecule has 1 heterocycles. The van der Waals surface area contributed by atoms with Crippen molar-refractivity contribution in [2.45, 2.75) is 19.9 Å². The third kappa shape index (κ3) is 2.89. The summed E-state index contributed by atoms with van der Waals surface area (Å²) in [6, 6.07) is 4.17. The Kier molecular flexibility index (Phi) is 3.92. The van der Waals surface area contributed by atoms with Crippen molar-refractivity contribution in [2.75, 3.05) is 13.1 Å². The average Bonchev–Trinajstić information content (AvgIpc) is 2.29. The molecule has 2 N–H and O–H groups in total. The maximum absolute atomic E-state index is 13.5. The number of nitrogens with zero attached hydrogens (tertiary/aromatic N) is 1. The normalized spacial score (nSPS) is 16.4. The predicted molar refractivity (Wildman–Crippen MR) is 70.8 cm³/mol. The summed E-state index contributed by atoms with van der Waals surface area (Å²) in [4.78, 5) is 24.0. The molecule has 5 nitrogen and oxygen atoms in total. The van der Waals surface area contributed by atoms with Crippen LogP contribution in [0, 0.1) is 18.7 Å². The molecular weight excluding hydrogens is 263 g/mol. The highest BCUT2D eigenvalue weighted by Crippen LogP contribution is 2.19. The number of aryl methyl sites for hydroxylation is 1. The van der Waals surface area contributed by atoms with Crippen molar-refractivity contribution >= 4 is 12.0 Å². The molecule has 6 heteroatoms. The third-order valence-electron chi connectivity index (χ3n) is 3.55. The van der Waals surface area contributed by atoms with Crippen LogP contribution in [-0.2, 0) is 4.79 Å². The summed E-state index contributed by atoms with van der Waals surface area (Å²) in [6.45, 7) is 3.87. The molecule has 1 atom stereocenters. The van der Waals surface area contributed by atoms with E-state index in [1.54, 1.807) is 26.0 Å². The fourth-order valence-electron chi connectivity index (χ4n) is 2.04. The number of hydrogen-bond donors (Lipinski definition) is 2. The summed E-state index contributed by atoms with van der Waals surface area (Å²) >= 11 is 0. The monoisotopic (exact) mass is 280 g/mol. The lowest BCUT2D eigenvalue weighted by Crippen LogP contribution is -2.56. The van der Waals surface area contributed by atoms with E-state index in [2.05, 4.69) is 5.32 Å². The Bertz CT molecular complexity index is 541. The molecule has 0 aliphatic carbocycles. The minimum absolute atomic E-state index is 0.218. The number of urea groups is 1. The zero-order valence-corrected chi connectivity index (χ0v) is 11.4. The number of amides is 2. The molecule has 0 saturated carbocycles. The lowest BCUT2D eigenvalue weighted by atomic mass is 10.0. The molecule has 1 aliphatic rings. The number of carbonyl (C=O) groups excluding carboxylic acids is 1. The molecule has 20 heavy (non-hydrogen) atoms. The molecule has 1 saturated heterocycles. The first-order chi connectivity index (χ1) is 9.38. The van der Waals surface area contributed by atoms with Gasteiger partial charge in [-0.25, -0.2) is 9.18 Å². The first-order valence-electron chi connectivity index (χ1n) is 6.42. The van der Waals surface area contributed by atoms with E-state index in [0.717, 1.165) is 0 Å².